The van der Waals surface area contributed by atoms with E-state index in [4.69, 9.17) is 4.74 Å². The third-order valence-corrected chi connectivity index (χ3v) is 9.78. The normalized spacial score (nSPS) is 20.0. The fraction of sp³-hybridized carbons (Fsp3) is 0.312. The first kappa shape index (κ1) is 32.5. The number of sulfonamides is 1. The van der Waals surface area contributed by atoms with Crippen LogP contribution in [0, 0.1) is 5.41 Å². The lowest BCUT2D eigenvalue weighted by Gasteiger charge is -2.42. The maximum absolute atomic E-state index is 14.9. The fourth-order valence-electron chi connectivity index (χ4n) is 5.59. The number of aliphatic hydroxyl groups is 1. The Hall–Kier alpha value is -3.88. The van der Waals surface area contributed by atoms with Gasteiger partial charge in [0.25, 0.3) is 0 Å². The van der Waals surface area contributed by atoms with Crippen LogP contribution in [0.3, 0.4) is 0 Å². The predicted molar refractivity (Wildman–Crippen MR) is 178 cm³/mol. The predicted octanol–water partition coefficient (Wildman–Crippen LogP) is 6.28. The number of nitrogens with zero attached hydrogens (tertiary/aromatic N) is 1. The zero-order valence-electron chi connectivity index (χ0n) is 25.7. The molecule has 240 valence electrons. The number of carbonyl (C=O) groups excluding carboxylic acids is 1. The maximum atomic E-state index is 14.9. The van der Waals surface area contributed by atoms with E-state index in [0.717, 1.165) is 11.8 Å². The molecule has 3 aromatic rings. The van der Waals surface area contributed by atoms with Crippen LogP contribution in [0.25, 0.3) is 5.76 Å². The lowest BCUT2D eigenvalue weighted by Crippen LogP contribution is -2.53. The molecule has 13 heteroatoms. The van der Waals surface area contributed by atoms with Gasteiger partial charge in [0.1, 0.15) is 27.5 Å². The SMILES string of the molecule is COc1ccccc1CNC1(CCC(C)(C)C)C(=O)C(C2=NS(O)(O)c3cc(NS(C)(=O)=O)ccc3N2)=C(O)c2ccccc21. The molecular weight excluding hydrogens is 617 g/mol. The van der Waals surface area contributed by atoms with E-state index in [2.05, 4.69) is 40.5 Å². The second-order valence-corrected chi connectivity index (χ2v) is 15.8. The highest BCUT2D eigenvalue weighted by molar-refractivity contribution is 8.23. The van der Waals surface area contributed by atoms with Gasteiger partial charge in [-0.15, -0.1) is 4.40 Å². The molecule has 0 fully saturated rings. The van der Waals surface area contributed by atoms with E-state index in [-0.39, 0.29) is 45.4 Å². The topological polar surface area (TPSA) is 170 Å². The van der Waals surface area contributed by atoms with Crippen LogP contribution in [0.4, 0.5) is 11.4 Å². The van der Waals surface area contributed by atoms with Crippen LogP contribution in [0.2, 0.25) is 0 Å². The maximum Gasteiger partial charge on any atom is 0.229 e. The van der Waals surface area contributed by atoms with Crippen molar-refractivity contribution in [2.45, 2.75) is 50.6 Å². The molecule has 0 radical (unpaired) electrons. The summed E-state index contributed by atoms with van der Waals surface area (Å²) in [6.07, 6.45) is 1.97. The minimum absolute atomic E-state index is 0.0584. The molecule has 0 aromatic heterocycles. The van der Waals surface area contributed by atoms with Crippen LogP contribution in [-0.4, -0.2) is 47.6 Å². The number of para-hydroxylation sites is 1. The molecule has 1 aliphatic carbocycles. The monoisotopic (exact) mass is 654 g/mol. The van der Waals surface area contributed by atoms with Crippen molar-refractivity contribution in [2.75, 3.05) is 23.4 Å². The van der Waals surface area contributed by atoms with Crippen molar-refractivity contribution in [3.63, 3.8) is 0 Å². The van der Waals surface area contributed by atoms with Gasteiger partial charge in [-0.1, -0.05) is 74.0 Å². The Labute approximate surface area is 265 Å². The smallest absolute Gasteiger partial charge is 0.229 e. The van der Waals surface area contributed by atoms with Gasteiger partial charge in [0.15, 0.2) is 11.6 Å². The van der Waals surface area contributed by atoms with Gasteiger partial charge >= 0.3 is 0 Å². The summed E-state index contributed by atoms with van der Waals surface area (Å²) >= 11 is 0. The zero-order valence-corrected chi connectivity index (χ0v) is 27.3. The third-order valence-electron chi connectivity index (χ3n) is 7.80. The Morgan fingerprint density at radius 2 is 1.73 bits per heavy atom. The first-order valence-corrected chi connectivity index (χ1v) is 17.7. The van der Waals surface area contributed by atoms with E-state index in [1.807, 2.05) is 36.4 Å². The van der Waals surface area contributed by atoms with Gasteiger partial charge in [0, 0.05) is 17.7 Å². The van der Waals surface area contributed by atoms with E-state index < -0.39 is 32.1 Å². The van der Waals surface area contributed by atoms with Crippen LogP contribution < -0.4 is 20.1 Å². The molecule has 0 spiro atoms. The van der Waals surface area contributed by atoms with Crippen molar-refractivity contribution in [3.8, 4) is 5.75 Å². The molecule has 11 nitrogen and oxygen atoms in total. The van der Waals surface area contributed by atoms with Crippen LogP contribution in [0.5, 0.6) is 5.75 Å². The van der Waals surface area contributed by atoms with Crippen LogP contribution in [0.15, 0.2) is 81.6 Å². The molecule has 6 N–H and O–H groups in total. The second-order valence-electron chi connectivity index (χ2n) is 12.4. The van der Waals surface area contributed by atoms with Gasteiger partial charge in [-0.05, 0) is 48.1 Å². The van der Waals surface area contributed by atoms with Gasteiger partial charge in [-0.3, -0.25) is 23.9 Å². The number of methoxy groups -OCH3 is 1. The Kier molecular flexibility index (Phi) is 8.53. The summed E-state index contributed by atoms with van der Waals surface area (Å²) in [6.45, 7) is 6.51. The van der Waals surface area contributed by atoms with Crippen LogP contribution in [-0.2, 0) is 26.9 Å². The number of benzene rings is 3. The number of hydrogen-bond acceptors (Lipinski definition) is 10. The van der Waals surface area contributed by atoms with Crippen molar-refractivity contribution in [1.82, 2.24) is 5.32 Å². The summed E-state index contributed by atoms with van der Waals surface area (Å²) in [5.74, 6) is -0.387. The van der Waals surface area contributed by atoms with Crippen molar-refractivity contribution in [3.05, 3.63) is 89.0 Å². The summed E-state index contributed by atoms with van der Waals surface area (Å²) in [4.78, 5) is 14.8. The number of rotatable bonds is 9. The lowest BCUT2D eigenvalue weighted by molar-refractivity contribution is -0.122. The average molecular weight is 655 g/mol. The van der Waals surface area contributed by atoms with Crippen LogP contribution >= 0.6 is 10.8 Å². The average Bonchev–Trinajstić information content (AvgIpc) is 2.96. The number of ketones is 1. The van der Waals surface area contributed by atoms with Gasteiger partial charge < -0.3 is 15.2 Å². The molecule has 45 heavy (non-hydrogen) atoms. The Balaban J connectivity index is 1.64. The van der Waals surface area contributed by atoms with E-state index >= 15 is 0 Å². The molecule has 1 unspecified atom stereocenters. The summed E-state index contributed by atoms with van der Waals surface area (Å²) in [6, 6.07) is 18.8. The molecule has 0 bridgehead atoms. The van der Waals surface area contributed by atoms with Gasteiger partial charge in [0.2, 0.25) is 10.0 Å². The summed E-state index contributed by atoms with van der Waals surface area (Å²) in [5, 5.41) is 18.1. The second kappa shape index (κ2) is 11.8. The Morgan fingerprint density at radius 3 is 2.42 bits per heavy atom. The summed E-state index contributed by atoms with van der Waals surface area (Å²) < 4.78 is 57.8. The molecule has 1 atom stereocenters. The van der Waals surface area contributed by atoms with Crippen molar-refractivity contribution < 1.29 is 32.2 Å². The first-order valence-electron chi connectivity index (χ1n) is 14.3. The molecule has 0 saturated carbocycles. The van der Waals surface area contributed by atoms with Crippen molar-refractivity contribution in [1.29, 1.82) is 0 Å². The number of carbonyl (C=O) groups is 1. The number of Topliss-reactive ketones (excluding diaryl/α,β-unsaturated/α-hetero) is 1. The molecule has 0 saturated heterocycles. The van der Waals surface area contributed by atoms with E-state index in [0.29, 0.717) is 29.7 Å². The molecule has 0 amide bonds. The van der Waals surface area contributed by atoms with Gasteiger partial charge in [-0.2, -0.15) is 0 Å². The summed E-state index contributed by atoms with van der Waals surface area (Å²) in [5.41, 5.74) is 0.474. The zero-order chi connectivity index (χ0) is 32.8. The van der Waals surface area contributed by atoms with Crippen LogP contribution in [0.1, 0.15) is 50.3 Å². The molecule has 3 aromatic carbocycles. The highest BCUT2D eigenvalue weighted by atomic mass is 32.3. The number of hydrogen-bond donors (Lipinski definition) is 6. The minimum atomic E-state index is -3.92. The molecule has 2 aliphatic rings. The number of nitrogens with one attached hydrogen (secondary N) is 3. The number of anilines is 2. The van der Waals surface area contributed by atoms with Gasteiger partial charge in [0.05, 0.1) is 24.7 Å². The Morgan fingerprint density at radius 1 is 1.04 bits per heavy atom. The summed E-state index contributed by atoms with van der Waals surface area (Å²) in [7, 11) is -5.97. The number of ether oxygens (including phenoxy) is 1. The van der Waals surface area contributed by atoms with Crippen molar-refractivity contribution >= 4 is 49.6 Å². The number of fused-ring (bicyclic) bond motifs is 2. The molecule has 1 aliphatic heterocycles. The highest BCUT2D eigenvalue weighted by Crippen LogP contribution is 2.57. The standard InChI is InChI=1S/C32H38N4O7S2/c1-31(2,3)16-17-32(33-19-20-10-6-9-13-25(20)43-4)23-12-8-7-11-22(23)28(37)27(29(32)38)30-34-24-15-14-21(35-44(5,39)40)18-26(24)45(41,42)36-30/h6-15,18,33,35,37,41-42H,16-17,19H2,1-5H3,(H,34,36). The van der Waals surface area contributed by atoms with Crippen molar-refractivity contribution in [2.24, 2.45) is 9.81 Å². The molecule has 5 rings (SSSR count). The first-order chi connectivity index (χ1) is 21.0. The van der Waals surface area contributed by atoms with E-state index in [1.165, 1.54) is 18.2 Å². The quantitative estimate of drug-likeness (QED) is 0.155. The molecular formula is C32H38N4O7S2. The fourth-order valence-corrected chi connectivity index (χ4v) is 7.34. The minimum Gasteiger partial charge on any atom is -0.506 e. The van der Waals surface area contributed by atoms with E-state index in [1.54, 1.807) is 19.2 Å². The largest absolute Gasteiger partial charge is 0.506 e. The number of aliphatic hydroxyl groups excluding tert-OH is 1. The Bertz CT molecular complexity index is 1830. The highest BCUT2D eigenvalue weighted by Gasteiger charge is 2.50. The third kappa shape index (κ3) is 6.58. The van der Waals surface area contributed by atoms with Gasteiger partial charge in [-0.25, -0.2) is 8.42 Å². The lowest BCUT2D eigenvalue weighted by atomic mass is 9.69. The van der Waals surface area contributed by atoms with E-state index in [9.17, 15) is 27.4 Å². The number of amidine groups is 1. The molecule has 1 heterocycles.